The maximum Gasteiger partial charge on any atom is 0.257 e. The van der Waals surface area contributed by atoms with Gasteiger partial charge in [0.15, 0.2) is 5.58 Å². The fourth-order valence-electron chi connectivity index (χ4n) is 2.85. The van der Waals surface area contributed by atoms with Crippen LogP contribution in [0.5, 0.6) is 0 Å². The molecule has 0 saturated carbocycles. The topological polar surface area (TPSA) is 49.6 Å². The van der Waals surface area contributed by atoms with Crippen LogP contribution in [-0.2, 0) is 4.79 Å². The molecular formula is C17H23N3O2S2. The standard InChI is InChI=1S/C17H23N3O2S2/c1-19(2)10-13-11-23-9-5-8-20(13)16(21)12-24-17-18-14-6-3-4-7-15(14)22-17/h3-4,6-7,13H,5,8-12H2,1-2H3. The number of nitrogens with zero attached hydrogens (tertiary/aromatic N) is 3. The minimum absolute atomic E-state index is 0.177. The van der Waals surface area contributed by atoms with Crippen LogP contribution >= 0.6 is 23.5 Å². The van der Waals surface area contributed by atoms with Crippen LogP contribution in [0.4, 0.5) is 0 Å². The maximum absolute atomic E-state index is 12.7. The predicted molar refractivity (Wildman–Crippen MR) is 101 cm³/mol. The highest BCUT2D eigenvalue weighted by atomic mass is 32.2. The van der Waals surface area contributed by atoms with Crippen LogP contribution in [0.3, 0.4) is 0 Å². The second-order valence-electron chi connectivity index (χ2n) is 6.17. The van der Waals surface area contributed by atoms with Gasteiger partial charge in [-0.15, -0.1) is 0 Å². The molecule has 0 spiro atoms. The molecule has 5 nitrogen and oxygen atoms in total. The monoisotopic (exact) mass is 365 g/mol. The average molecular weight is 366 g/mol. The van der Waals surface area contributed by atoms with Gasteiger partial charge in [-0.25, -0.2) is 4.98 Å². The van der Waals surface area contributed by atoms with Gasteiger partial charge in [0, 0.05) is 18.8 Å². The molecule has 24 heavy (non-hydrogen) atoms. The quantitative estimate of drug-likeness (QED) is 0.760. The molecule has 1 saturated heterocycles. The molecule has 1 aromatic heterocycles. The lowest BCUT2D eigenvalue weighted by atomic mass is 10.2. The first kappa shape index (κ1) is 17.6. The van der Waals surface area contributed by atoms with Gasteiger partial charge in [-0.05, 0) is 38.4 Å². The molecule has 1 atom stereocenters. The minimum atomic E-state index is 0.177. The van der Waals surface area contributed by atoms with Gasteiger partial charge >= 0.3 is 0 Å². The molecule has 1 aliphatic heterocycles. The Bertz CT molecular complexity index is 656. The van der Waals surface area contributed by atoms with Crippen molar-refractivity contribution in [1.82, 2.24) is 14.8 Å². The molecule has 1 fully saturated rings. The third-order valence-electron chi connectivity index (χ3n) is 3.93. The number of benzene rings is 1. The number of carbonyl (C=O) groups excluding carboxylic acids is 1. The predicted octanol–water partition coefficient (Wildman–Crippen LogP) is 2.82. The first-order valence-corrected chi connectivity index (χ1v) is 10.3. The third kappa shape index (κ3) is 4.46. The Balaban J connectivity index is 1.63. The van der Waals surface area contributed by atoms with Crippen molar-refractivity contribution in [3.63, 3.8) is 0 Å². The summed E-state index contributed by atoms with van der Waals surface area (Å²) in [6, 6.07) is 7.96. The Morgan fingerprint density at radius 1 is 1.46 bits per heavy atom. The van der Waals surface area contributed by atoms with Crippen LogP contribution in [0.1, 0.15) is 6.42 Å². The first-order valence-electron chi connectivity index (χ1n) is 8.14. The third-order valence-corrected chi connectivity index (χ3v) is 5.94. The molecule has 0 bridgehead atoms. The zero-order valence-electron chi connectivity index (χ0n) is 14.1. The SMILES string of the molecule is CN(C)CC1CSCCCN1C(=O)CSc1nc2ccccc2o1. The Morgan fingerprint density at radius 3 is 3.08 bits per heavy atom. The lowest BCUT2D eigenvalue weighted by molar-refractivity contribution is -0.130. The molecule has 7 heteroatoms. The fraction of sp³-hybridized carbons (Fsp3) is 0.529. The van der Waals surface area contributed by atoms with Gasteiger partial charge in [-0.2, -0.15) is 11.8 Å². The molecule has 1 aliphatic rings. The summed E-state index contributed by atoms with van der Waals surface area (Å²) in [6.07, 6.45) is 1.06. The highest BCUT2D eigenvalue weighted by molar-refractivity contribution is 7.99. The summed E-state index contributed by atoms with van der Waals surface area (Å²) in [5.74, 6) is 2.70. The van der Waals surface area contributed by atoms with Gasteiger partial charge < -0.3 is 14.2 Å². The van der Waals surface area contributed by atoms with Crippen molar-refractivity contribution in [2.75, 3.05) is 44.4 Å². The number of rotatable bonds is 5. The van der Waals surface area contributed by atoms with E-state index in [1.54, 1.807) is 0 Å². The van der Waals surface area contributed by atoms with Gasteiger partial charge in [0.2, 0.25) is 5.91 Å². The zero-order chi connectivity index (χ0) is 16.9. The lowest BCUT2D eigenvalue weighted by Gasteiger charge is -2.31. The molecule has 3 rings (SSSR count). The van der Waals surface area contributed by atoms with Crippen molar-refractivity contribution in [3.8, 4) is 0 Å². The number of likely N-dealkylation sites (N-methyl/N-ethyl adjacent to an activating group) is 1. The second-order valence-corrected chi connectivity index (χ2v) is 8.24. The second kappa shape index (κ2) is 8.27. The number of amides is 1. The number of carbonyl (C=O) groups is 1. The van der Waals surface area contributed by atoms with Gasteiger partial charge in [-0.1, -0.05) is 23.9 Å². The molecule has 0 aliphatic carbocycles. The Kier molecular flexibility index (Phi) is 6.08. The summed E-state index contributed by atoms with van der Waals surface area (Å²) in [5.41, 5.74) is 1.60. The Morgan fingerprint density at radius 2 is 2.29 bits per heavy atom. The molecule has 2 aromatic rings. The number of hydrogen-bond donors (Lipinski definition) is 0. The lowest BCUT2D eigenvalue weighted by Crippen LogP contribution is -2.47. The smallest absolute Gasteiger partial charge is 0.257 e. The number of aromatic nitrogens is 1. The normalized spacial score (nSPS) is 19.0. The van der Waals surface area contributed by atoms with Crippen molar-refractivity contribution in [2.45, 2.75) is 17.7 Å². The van der Waals surface area contributed by atoms with Crippen molar-refractivity contribution < 1.29 is 9.21 Å². The van der Waals surface area contributed by atoms with Crippen LogP contribution in [0.15, 0.2) is 33.9 Å². The summed E-state index contributed by atoms with van der Waals surface area (Å²) in [7, 11) is 4.12. The van der Waals surface area contributed by atoms with Gasteiger partial charge in [0.25, 0.3) is 5.22 Å². The number of hydrogen-bond acceptors (Lipinski definition) is 6. The average Bonchev–Trinajstić information content (AvgIpc) is 2.84. The van der Waals surface area contributed by atoms with Gasteiger partial charge in [0.05, 0.1) is 11.8 Å². The molecule has 1 amide bonds. The Labute approximate surface area is 151 Å². The van der Waals surface area contributed by atoms with E-state index in [2.05, 4.69) is 28.9 Å². The van der Waals surface area contributed by atoms with E-state index in [-0.39, 0.29) is 11.9 Å². The zero-order valence-corrected chi connectivity index (χ0v) is 15.7. The highest BCUT2D eigenvalue weighted by Crippen LogP contribution is 2.24. The van der Waals surface area contributed by atoms with Crippen molar-refractivity contribution in [1.29, 1.82) is 0 Å². The van der Waals surface area contributed by atoms with Crippen LogP contribution in [0, 0.1) is 0 Å². The summed E-state index contributed by atoms with van der Waals surface area (Å²) in [4.78, 5) is 21.4. The number of oxazole rings is 1. The molecule has 0 N–H and O–H groups in total. The van der Waals surface area contributed by atoms with Crippen LogP contribution in [0.2, 0.25) is 0 Å². The Hall–Kier alpha value is -1.18. The number of para-hydroxylation sites is 2. The summed E-state index contributed by atoms with van der Waals surface area (Å²) in [5, 5.41) is 0.568. The highest BCUT2D eigenvalue weighted by Gasteiger charge is 2.26. The molecule has 130 valence electrons. The van der Waals surface area contributed by atoms with E-state index in [1.807, 2.05) is 36.0 Å². The molecule has 1 aromatic carbocycles. The van der Waals surface area contributed by atoms with E-state index in [0.717, 1.165) is 42.1 Å². The largest absolute Gasteiger partial charge is 0.431 e. The minimum Gasteiger partial charge on any atom is -0.431 e. The summed E-state index contributed by atoms with van der Waals surface area (Å²) < 4.78 is 5.69. The van der Waals surface area contributed by atoms with Crippen LogP contribution in [0.25, 0.3) is 11.1 Å². The number of fused-ring (bicyclic) bond motifs is 1. The van der Waals surface area contributed by atoms with Gasteiger partial charge in [0.1, 0.15) is 5.52 Å². The van der Waals surface area contributed by atoms with E-state index in [9.17, 15) is 4.79 Å². The fourth-order valence-corrected chi connectivity index (χ4v) is 4.63. The number of thioether (sulfide) groups is 2. The molecule has 0 radical (unpaired) electrons. The molecule has 1 unspecified atom stereocenters. The van der Waals surface area contributed by atoms with Crippen LogP contribution in [-0.4, -0.2) is 71.2 Å². The van der Waals surface area contributed by atoms with E-state index >= 15 is 0 Å². The molecule has 2 heterocycles. The van der Waals surface area contributed by atoms with Crippen molar-refractivity contribution in [3.05, 3.63) is 24.3 Å². The maximum atomic E-state index is 12.7. The summed E-state index contributed by atoms with van der Waals surface area (Å²) in [6.45, 7) is 1.75. The van der Waals surface area contributed by atoms with E-state index in [0.29, 0.717) is 11.0 Å². The first-order chi connectivity index (χ1) is 11.6. The van der Waals surface area contributed by atoms with Crippen LogP contribution < -0.4 is 0 Å². The van der Waals surface area contributed by atoms with Crippen molar-refractivity contribution in [2.24, 2.45) is 0 Å². The summed E-state index contributed by atoms with van der Waals surface area (Å²) >= 11 is 3.33. The van der Waals surface area contributed by atoms with Gasteiger partial charge in [-0.3, -0.25) is 4.79 Å². The van der Waals surface area contributed by atoms with E-state index in [4.69, 9.17) is 4.42 Å². The van der Waals surface area contributed by atoms with E-state index < -0.39 is 0 Å². The molecular weight excluding hydrogens is 342 g/mol. The van der Waals surface area contributed by atoms with Crippen molar-refractivity contribution >= 4 is 40.5 Å². The van der Waals surface area contributed by atoms with E-state index in [1.165, 1.54) is 11.8 Å².